The third-order valence-corrected chi connectivity index (χ3v) is 2.93. The van der Waals surface area contributed by atoms with Crippen LogP contribution in [0, 0.1) is 0 Å². The summed E-state index contributed by atoms with van der Waals surface area (Å²) in [7, 11) is 0. The molecule has 0 bridgehead atoms. The number of thiocarbonyl (C=S) groups is 1. The average molecular weight is 307 g/mol. The van der Waals surface area contributed by atoms with Crippen molar-refractivity contribution in [3.05, 3.63) is 29.8 Å². The van der Waals surface area contributed by atoms with Gasteiger partial charge in [-0.2, -0.15) is 0 Å². The summed E-state index contributed by atoms with van der Waals surface area (Å²) >= 11 is 5.08. The summed E-state index contributed by atoms with van der Waals surface area (Å²) in [5.74, 6) is -0.242. The zero-order valence-corrected chi connectivity index (χ0v) is 13.2. The van der Waals surface area contributed by atoms with Gasteiger partial charge in [0.25, 0.3) is 5.91 Å². The van der Waals surface area contributed by atoms with Crippen molar-refractivity contribution in [2.75, 3.05) is 11.9 Å². The van der Waals surface area contributed by atoms with E-state index in [1.54, 1.807) is 24.3 Å². The molecule has 0 fully saturated rings. The fourth-order valence-electron chi connectivity index (χ4n) is 1.69. The number of carbonyl (C=O) groups excluding carboxylic acids is 2. The Kier molecular flexibility index (Phi) is 7.39. The van der Waals surface area contributed by atoms with E-state index in [1.807, 2.05) is 13.8 Å². The molecule has 1 aromatic carbocycles. The molecule has 0 aliphatic rings. The number of anilines is 1. The standard InChI is InChI=1S/C15H21N3O2S/c1-3-5-9-13(19)18-15(21)17-12-8-6-7-11(10-12)14(20)16-4-2/h6-8,10H,3-5,9H2,1-2H3,(H,16,20)(H2,17,18,19,21). The summed E-state index contributed by atoms with van der Waals surface area (Å²) in [4.78, 5) is 23.3. The largest absolute Gasteiger partial charge is 0.352 e. The third kappa shape index (κ3) is 6.35. The van der Waals surface area contributed by atoms with E-state index in [0.29, 0.717) is 24.2 Å². The number of hydrogen-bond donors (Lipinski definition) is 3. The Bertz CT molecular complexity index is 517. The molecule has 0 heterocycles. The minimum atomic E-state index is -0.140. The molecule has 5 nitrogen and oxygen atoms in total. The second-order valence-corrected chi connectivity index (χ2v) is 4.95. The van der Waals surface area contributed by atoms with Gasteiger partial charge in [-0.3, -0.25) is 9.59 Å². The number of benzene rings is 1. The second kappa shape index (κ2) is 9.07. The lowest BCUT2D eigenvalue weighted by molar-refractivity contribution is -0.119. The van der Waals surface area contributed by atoms with Crippen molar-refractivity contribution in [1.29, 1.82) is 0 Å². The van der Waals surface area contributed by atoms with Gasteiger partial charge < -0.3 is 16.0 Å². The molecule has 0 aliphatic carbocycles. The Morgan fingerprint density at radius 2 is 2.00 bits per heavy atom. The highest BCUT2D eigenvalue weighted by molar-refractivity contribution is 7.80. The van der Waals surface area contributed by atoms with E-state index in [1.165, 1.54) is 0 Å². The molecular formula is C15H21N3O2S. The van der Waals surface area contributed by atoms with Crippen LogP contribution in [0.1, 0.15) is 43.5 Å². The molecule has 6 heteroatoms. The van der Waals surface area contributed by atoms with E-state index in [4.69, 9.17) is 12.2 Å². The van der Waals surface area contributed by atoms with Crippen molar-refractivity contribution >= 4 is 34.8 Å². The van der Waals surface area contributed by atoms with Gasteiger partial charge in [-0.25, -0.2) is 0 Å². The number of unbranched alkanes of at least 4 members (excludes halogenated alkanes) is 1. The van der Waals surface area contributed by atoms with Crippen molar-refractivity contribution in [2.45, 2.75) is 33.1 Å². The molecule has 3 N–H and O–H groups in total. The first-order valence-corrected chi connectivity index (χ1v) is 7.46. The van der Waals surface area contributed by atoms with Gasteiger partial charge in [0.05, 0.1) is 0 Å². The smallest absolute Gasteiger partial charge is 0.251 e. The van der Waals surface area contributed by atoms with Crippen LogP contribution in [0.2, 0.25) is 0 Å². The molecule has 0 atom stereocenters. The van der Waals surface area contributed by atoms with Gasteiger partial charge in [0.2, 0.25) is 5.91 Å². The SMILES string of the molecule is CCCCC(=O)NC(=S)Nc1cccc(C(=O)NCC)c1. The van der Waals surface area contributed by atoms with E-state index in [0.717, 1.165) is 12.8 Å². The van der Waals surface area contributed by atoms with Gasteiger partial charge in [0, 0.05) is 24.2 Å². The van der Waals surface area contributed by atoms with Gasteiger partial charge in [-0.15, -0.1) is 0 Å². The molecule has 0 unspecified atom stereocenters. The first-order valence-electron chi connectivity index (χ1n) is 7.06. The van der Waals surface area contributed by atoms with Gasteiger partial charge in [0.1, 0.15) is 0 Å². The number of amides is 2. The van der Waals surface area contributed by atoms with Gasteiger partial charge in [0.15, 0.2) is 5.11 Å². The summed E-state index contributed by atoms with van der Waals surface area (Å²) in [5, 5.41) is 8.49. The summed E-state index contributed by atoms with van der Waals surface area (Å²) in [6.07, 6.45) is 2.25. The molecular weight excluding hydrogens is 286 g/mol. The summed E-state index contributed by atoms with van der Waals surface area (Å²) in [6.45, 7) is 4.46. The molecule has 21 heavy (non-hydrogen) atoms. The quantitative estimate of drug-likeness (QED) is 0.706. The number of hydrogen-bond acceptors (Lipinski definition) is 3. The van der Waals surface area contributed by atoms with Crippen LogP contribution in [-0.4, -0.2) is 23.5 Å². The van der Waals surface area contributed by atoms with Gasteiger partial charge >= 0.3 is 0 Å². The Labute approximate surface area is 130 Å². The lowest BCUT2D eigenvalue weighted by atomic mass is 10.2. The Balaban J connectivity index is 2.58. The summed E-state index contributed by atoms with van der Waals surface area (Å²) in [5.41, 5.74) is 1.21. The van der Waals surface area contributed by atoms with Crippen LogP contribution in [0.15, 0.2) is 24.3 Å². The Morgan fingerprint density at radius 3 is 2.67 bits per heavy atom. The van der Waals surface area contributed by atoms with Crippen molar-refractivity contribution in [3.63, 3.8) is 0 Å². The maximum Gasteiger partial charge on any atom is 0.251 e. The van der Waals surface area contributed by atoms with E-state index in [-0.39, 0.29) is 16.9 Å². The maximum atomic E-state index is 11.7. The predicted molar refractivity (Wildman–Crippen MR) is 88.3 cm³/mol. The highest BCUT2D eigenvalue weighted by Gasteiger charge is 2.07. The number of nitrogens with one attached hydrogen (secondary N) is 3. The summed E-state index contributed by atoms with van der Waals surface area (Å²) in [6, 6.07) is 6.95. The molecule has 0 saturated heterocycles. The van der Waals surface area contributed by atoms with E-state index in [9.17, 15) is 9.59 Å². The van der Waals surface area contributed by atoms with Crippen molar-refractivity contribution in [2.24, 2.45) is 0 Å². The van der Waals surface area contributed by atoms with Crippen LogP contribution >= 0.6 is 12.2 Å². The molecule has 1 rings (SSSR count). The van der Waals surface area contributed by atoms with Crippen LogP contribution < -0.4 is 16.0 Å². The molecule has 2 amide bonds. The lowest BCUT2D eigenvalue weighted by Gasteiger charge is -2.10. The first kappa shape index (κ1) is 17.1. The van der Waals surface area contributed by atoms with Crippen LogP contribution in [0.3, 0.4) is 0 Å². The third-order valence-electron chi connectivity index (χ3n) is 2.73. The minimum Gasteiger partial charge on any atom is -0.352 e. The lowest BCUT2D eigenvalue weighted by Crippen LogP contribution is -2.34. The van der Waals surface area contributed by atoms with Crippen molar-refractivity contribution in [1.82, 2.24) is 10.6 Å². The molecule has 0 saturated carbocycles. The van der Waals surface area contributed by atoms with Crippen molar-refractivity contribution < 1.29 is 9.59 Å². The monoisotopic (exact) mass is 307 g/mol. The van der Waals surface area contributed by atoms with Crippen LogP contribution in [0.4, 0.5) is 5.69 Å². The van der Waals surface area contributed by atoms with Crippen LogP contribution in [-0.2, 0) is 4.79 Å². The zero-order valence-electron chi connectivity index (χ0n) is 12.4. The fourth-order valence-corrected chi connectivity index (χ4v) is 1.92. The Morgan fingerprint density at radius 1 is 1.24 bits per heavy atom. The number of carbonyl (C=O) groups is 2. The Hall–Kier alpha value is -1.95. The summed E-state index contributed by atoms with van der Waals surface area (Å²) < 4.78 is 0. The predicted octanol–water partition coefficient (Wildman–Crippen LogP) is 2.44. The van der Waals surface area contributed by atoms with Gasteiger partial charge in [-0.05, 0) is 43.8 Å². The molecule has 1 aromatic rings. The highest BCUT2D eigenvalue weighted by atomic mass is 32.1. The van der Waals surface area contributed by atoms with E-state index >= 15 is 0 Å². The van der Waals surface area contributed by atoms with Crippen molar-refractivity contribution in [3.8, 4) is 0 Å². The normalized spacial score (nSPS) is 9.81. The van der Waals surface area contributed by atoms with E-state index in [2.05, 4.69) is 16.0 Å². The zero-order chi connectivity index (χ0) is 15.7. The topological polar surface area (TPSA) is 70.2 Å². The highest BCUT2D eigenvalue weighted by Crippen LogP contribution is 2.10. The fraction of sp³-hybridized carbons (Fsp3) is 0.400. The first-order chi connectivity index (χ1) is 10.1. The molecule has 0 spiro atoms. The second-order valence-electron chi connectivity index (χ2n) is 4.55. The van der Waals surface area contributed by atoms with Crippen LogP contribution in [0.25, 0.3) is 0 Å². The average Bonchev–Trinajstić information content (AvgIpc) is 2.45. The number of rotatable bonds is 6. The molecule has 114 valence electrons. The van der Waals surface area contributed by atoms with Gasteiger partial charge in [-0.1, -0.05) is 19.4 Å². The molecule has 0 aromatic heterocycles. The maximum absolute atomic E-state index is 11.7. The van der Waals surface area contributed by atoms with Crippen LogP contribution in [0.5, 0.6) is 0 Å². The van der Waals surface area contributed by atoms with E-state index < -0.39 is 0 Å². The molecule has 0 aliphatic heterocycles. The molecule has 0 radical (unpaired) electrons. The minimum absolute atomic E-state index is 0.103.